The molecule has 1 N–H and O–H groups in total. The lowest BCUT2D eigenvalue weighted by Gasteiger charge is -2.11. The Morgan fingerprint density at radius 3 is 2.71 bits per heavy atom. The highest BCUT2D eigenvalue weighted by atomic mass is 79.9. The van der Waals surface area contributed by atoms with E-state index >= 15 is 0 Å². The largest absolute Gasteiger partial charge is 0.416 e. The molecule has 0 amide bonds. The van der Waals surface area contributed by atoms with Crippen LogP contribution in [0.25, 0.3) is 0 Å². The molecule has 0 saturated heterocycles. The summed E-state index contributed by atoms with van der Waals surface area (Å²) in [6, 6.07) is 2.81. The molecule has 0 unspecified atom stereocenters. The van der Waals surface area contributed by atoms with Crippen molar-refractivity contribution in [2.24, 2.45) is 0 Å². The summed E-state index contributed by atoms with van der Waals surface area (Å²) >= 11 is 4.30. The molecule has 0 aromatic heterocycles. The summed E-state index contributed by atoms with van der Waals surface area (Å²) < 4.78 is 41.0. The standard InChI is InChI=1S/C8H5BrF3NS/c9-4-1-6(8(10,11)12)5-3-13-14-7(5)2-4/h1-2,13H,3H2. The maximum Gasteiger partial charge on any atom is 0.416 e. The summed E-state index contributed by atoms with van der Waals surface area (Å²) in [7, 11) is 0. The van der Waals surface area contributed by atoms with Crippen molar-refractivity contribution < 1.29 is 13.2 Å². The Hall–Kier alpha value is -0.200. The Morgan fingerprint density at radius 2 is 2.07 bits per heavy atom. The van der Waals surface area contributed by atoms with Crippen LogP contribution in [0.3, 0.4) is 0 Å². The van der Waals surface area contributed by atoms with Gasteiger partial charge in [0, 0.05) is 15.9 Å². The van der Waals surface area contributed by atoms with Crippen LogP contribution in [-0.4, -0.2) is 0 Å². The summed E-state index contributed by atoms with van der Waals surface area (Å²) in [6.07, 6.45) is -4.28. The molecule has 0 aliphatic carbocycles. The predicted molar refractivity (Wildman–Crippen MR) is 51.8 cm³/mol. The lowest BCUT2D eigenvalue weighted by Crippen LogP contribution is -2.10. The van der Waals surface area contributed by atoms with Crippen LogP contribution in [0, 0.1) is 0 Å². The molecule has 14 heavy (non-hydrogen) atoms. The second kappa shape index (κ2) is 3.43. The van der Waals surface area contributed by atoms with Gasteiger partial charge in [0.25, 0.3) is 0 Å². The molecule has 76 valence electrons. The minimum absolute atomic E-state index is 0.266. The number of benzene rings is 1. The van der Waals surface area contributed by atoms with Crippen LogP contribution >= 0.6 is 27.9 Å². The highest BCUT2D eigenvalue weighted by Crippen LogP contribution is 2.40. The highest BCUT2D eigenvalue weighted by molar-refractivity contribution is 9.10. The topological polar surface area (TPSA) is 12.0 Å². The molecule has 0 fully saturated rings. The van der Waals surface area contributed by atoms with Gasteiger partial charge in [-0.3, -0.25) is 4.72 Å². The fourth-order valence-electron chi connectivity index (χ4n) is 1.32. The Bertz CT molecular complexity index is 378. The number of alkyl halides is 3. The average molecular weight is 284 g/mol. The molecular weight excluding hydrogens is 279 g/mol. The minimum Gasteiger partial charge on any atom is -0.255 e. The van der Waals surface area contributed by atoms with Gasteiger partial charge in [-0.1, -0.05) is 15.9 Å². The maximum absolute atomic E-state index is 12.6. The second-order valence-corrected chi connectivity index (χ2v) is 4.70. The normalized spacial score (nSPS) is 15.7. The zero-order chi connectivity index (χ0) is 10.3. The molecule has 2 rings (SSSR count). The van der Waals surface area contributed by atoms with Gasteiger partial charge in [0.05, 0.1) is 5.56 Å². The van der Waals surface area contributed by atoms with E-state index in [1.807, 2.05) is 0 Å². The monoisotopic (exact) mass is 283 g/mol. The van der Waals surface area contributed by atoms with Crippen LogP contribution < -0.4 is 4.72 Å². The smallest absolute Gasteiger partial charge is 0.255 e. The Balaban J connectivity index is 2.60. The number of fused-ring (bicyclic) bond motifs is 1. The van der Waals surface area contributed by atoms with E-state index in [4.69, 9.17) is 0 Å². The highest BCUT2D eigenvalue weighted by Gasteiger charge is 2.35. The van der Waals surface area contributed by atoms with Crippen molar-refractivity contribution >= 4 is 27.9 Å². The number of hydrogen-bond acceptors (Lipinski definition) is 2. The Kier molecular flexibility index (Phi) is 2.53. The average Bonchev–Trinajstić information content (AvgIpc) is 2.47. The molecule has 0 bridgehead atoms. The third-order valence-electron chi connectivity index (χ3n) is 1.91. The van der Waals surface area contributed by atoms with Crippen molar-refractivity contribution in [1.82, 2.24) is 4.72 Å². The zero-order valence-electron chi connectivity index (χ0n) is 6.78. The molecule has 1 aliphatic heterocycles. The van der Waals surface area contributed by atoms with Gasteiger partial charge in [0.1, 0.15) is 0 Å². The first-order valence-electron chi connectivity index (χ1n) is 3.78. The van der Waals surface area contributed by atoms with Crippen molar-refractivity contribution in [3.05, 3.63) is 27.7 Å². The van der Waals surface area contributed by atoms with Gasteiger partial charge in [-0.25, -0.2) is 0 Å². The van der Waals surface area contributed by atoms with Gasteiger partial charge in [0.15, 0.2) is 0 Å². The molecule has 1 nitrogen and oxygen atoms in total. The Morgan fingerprint density at radius 1 is 1.36 bits per heavy atom. The van der Waals surface area contributed by atoms with Crippen molar-refractivity contribution in [2.45, 2.75) is 17.6 Å². The first kappa shape index (κ1) is 10.3. The summed E-state index contributed by atoms with van der Waals surface area (Å²) in [5.74, 6) is 0. The second-order valence-electron chi connectivity index (χ2n) is 2.85. The Labute approximate surface area is 91.3 Å². The molecule has 0 radical (unpaired) electrons. The summed E-state index contributed by atoms with van der Waals surface area (Å²) in [4.78, 5) is 0.645. The van der Waals surface area contributed by atoms with Gasteiger partial charge < -0.3 is 0 Å². The number of halogens is 4. The lowest BCUT2D eigenvalue weighted by molar-refractivity contribution is -0.138. The van der Waals surface area contributed by atoms with Gasteiger partial charge in [-0.15, -0.1) is 0 Å². The fraction of sp³-hybridized carbons (Fsp3) is 0.250. The molecule has 1 aromatic rings. The van der Waals surface area contributed by atoms with E-state index in [-0.39, 0.29) is 6.54 Å². The molecule has 1 aliphatic rings. The van der Waals surface area contributed by atoms with Crippen molar-refractivity contribution in [3.8, 4) is 0 Å². The van der Waals surface area contributed by atoms with Crippen LogP contribution in [0.2, 0.25) is 0 Å². The van der Waals surface area contributed by atoms with E-state index in [0.29, 0.717) is 14.9 Å². The quantitative estimate of drug-likeness (QED) is 0.731. The number of nitrogens with one attached hydrogen (secondary N) is 1. The van der Waals surface area contributed by atoms with E-state index in [9.17, 15) is 13.2 Å². The summed E-state index contributed by atoms with van der Waals surface area (Å²) in [5.41, 5.74) is -0.218. The van der Waals surface area contributed by atoms with E-state index in [1.54, 1.807) is 6.07 Å². The summed E-state index contributed by atoms with van der Waals surface area (Å²) in [6.45, 7) is 0.266. The fourth-order valence-corrected chi connectivity index (χ4v) is 2.80. The van der Waals surface area contributed by atoms with Crippen LogP contribution in [0.1, 0.15) is 11.1 Å². The lowest BCUT2D eigenvalue weighted by atomic mass is 10.1. The van der Waals surface area contributed by atoms with Crippen LogP contribution in [0.15, 0.2) is 21.5 Å². The van der Waals surface area contributed by atoms with Crippen LogP contribution in [0.5, 0.6) is 0 Å². The predicted octanol–water partition coefficient (Wildman–Crippen LogP) is 3.58. The van der Waals surface area contributed by atoms with Crippen molar-refractivity contribution in [1.29, 1.82) is 0 Å². The van der Waals surface area contributed by atoms with Gasteiger partial charge in [-0.05, 0) is 29.6 Å². The van der Waals surface area contributed by atoms with E-state index in [2.05, 4.69) is 20.7 Å². The number of hydrogen-bond donors (Lipinski definition) is 1. The third kappa shape index (κ3) is 1.78. The minimum atomic E-state index is -4.28. The first-order chi connectivity index (χ1) is 6.48. The summed E-state index contributed by atoms with van der Waals surface area (Å²) in [5, 5.41) is 0. The number of rotatable bonds is 0. The van der Waals surface area contributed by atoms with Crippen LogP contribution in [0.4, 0.5) is 13.2 Å². The molecular formula is C8H5BrF3NS. The zero-order valence-corrected chi connectivity index (χ0v) is 9.18. The third-order valence-corrected chi connectivity index (χ3v) is 3.24. The molecule has 0 atom stereocenters. The maximum atomic E-state index is 12.6. The van der Waals surface area contributed by atoms with E-state index in [1.165, 1.54) is 11.9 Å². The van der Waals surface area contributed by atoms with Crippen LogP contribution in [-0.2, 0) is 12.7 Å². The molecule has 0 saturated carbocycles. The van der Waals surface area contributed by atoms with Crippen molar-refractivity contribution in [3.63, 3.8) is 0 Å². The SMILES string of the molecule is FC(F)(F)c1cc(Br)cc2c1CNS2. The van der Waals surface area contributed by atoms with Crippen molar-refractivity contribution in [2.75, 3.05) is 0 Å². The molecule has 6 heteroatoms. The van der Waals surface area contributed by atoms with Gasteiger partial charge >= 0.3 is 6.18 Å². The van der Waals surface area contributed by atoms with E-state index in [0.717, 1.165) is 6.07 Å². The molecule has 1 heterocycles. The molecule has 1 aromatic carbocycles. The van der Waals surface area contributed by atoms with Gasteiger partial charge in [0.2, 0.25) is 0 Å². The van der Waals surface area contributed by atoms with E-state index < -0.39 is 11.7 Å². The van der Waals surface area contributed by atoms with Gasteiger partial charge in [-0.2, -0.15) is 13.2 Å². The first-order valence-corrected chi connectivity index (χ1v) is 5.39. The molecule has 0 spiro atoms.